The summed E-state index contributed by atoms with van der Waals surface area (Å²) in [5.41, 5.74) is 2.89. The summed E-state index contributed by atoms with van der Waals surface area (Å²) >= 11 is 0. The Labute approximate surface area is 116 Å². The summed E-state index contributed by atoms with van der Waals surface area (Å²) in [6.07, 6.45) is 12.9. The molecular weight excluding hydrogens is 234 g/mol. The summed E-state index contributed by atoms with van der Waals surface area (Å²) in [5, 5.41) is 3.72. The Balaban J connectivity index is 1.72. The SMILES string of the molecule is CCNC(Cn1cnc2c1CCCC2)C1CCCC1. The zero-order valence-electron chi connectivity index (χ0n) is 12.2. The zero-order valence-corrected chi connectivity index (χ0v) is 12.2. The molecule has 0 aliphatic heterocycles. The van der Waals surface area contributed by atoms with Gasteiger partial charge in [0, 0.05) is 18.3 Å². The number of hydrogen-bond acceptors (Lipinski definition) is 2. The Morgan fingerprint density at radius 3 is 2.84 bits per heavy atom. The molecule has 0 amide bonds. The van der Waals surface area contributed by atoms with Gasteiger partial charge in [-0.25, -0.2) is 4.98 Å². The number of nitrogens with one attached hydrogen (secondary N) is 1. The lowest BCUT2D eigenvalue weighted by molar-refractivity contribution is 0.323. The van der Waals surface area contributed by atoms with Crippen molar-refractivity contribution in [2.45, 2.75) is 70.9 Å². The van der Waals surface area contributed by atoms with Gasteiger partial charge in [-0.05, 0) is 51.0 Å². The third-order valence-corrected chi connectivity index (χ3v) is 4.94. The molecule has 1 fully saturated rings. The fourth-order valence-electron chi connectivity index (χ4n) is 3.90. The van der Waals surface area contributed by atoms with E-state index in [0.29, 0.717) is 6.04 Å². The molecule has 19 heavy (non-hydrogen) atoms. The lowest BCUT2D eigenvalue weighted by atomic mass is 9.97. The Hall–Kier alpha value is -0.830. The minimum Gasteiger partial charge on any atom is -0.333 e. The molecule has 0 aromatic carbocycles. The van der Waals surface area contributed by atoms with E-state index in [0.717, 1.165) is 19.0 Å². The van der Waals surface area contributed by atoms with E-state index in [1.165, 1.54) is 62.8 Å². The Bertz CT molecular complexity index is 404. The van der Waals surface area contributed by atoms with Crippen LogP contribution in [-0.4, -0.2) is 22.1 Å². The van der Waals surface area contributed by atoms with Crippen LogP contribution in [0.3, 0.4) is 0 Å². The normalized spacial score (nSPS) is 21.5. The van der Waals surface area contributed by atoms with E-state index >= 15 is 0 Å². The van der Waals surface area contributed by atoms with Crippen LogP contribution in [0.4, 0.5) is 0 Å². The minimum atomic E-state index is 0.646. The molecule has 0 saturated heterocycles. The van der Waals surface area contributed by atoms with Gasteiger partial charge >= 0.3 is 0 Å². The Morgan fingerprint density at radius 1 is 1.26 bits per heavy atom. The van der Waals surface area contributed by atoms with Crippen LogP contribution in [0.1, 0.15) is 56.8 Å². The van der Waals surface area contributed by atoms with E-state index in [-0.39, 0.29) is 0 Å². The predicted octanol–water partition coefficient (Wildman–Crippen LogP) is 2.93. The van der Waals surface area contributed by atoms with Gasteiger partial charge in [-0.3, -0.25) is 0 Å². The highest BCUT2D eigenvalue weighted by atomic mass is 15.1. The molecule has 1 aromatic rings. The van der Waals surface area contributed by atoms with E-state index in [9.17, 15) is 0 Å². The quantitative estimate of drug-likeness (QED) is 0.883. The molecule has 2 aliphatic rings. The average Bonchev–Trinajstić information content (AvgIpc) is 3.08. The molecule has 1 saturated carbocycles. The summed E-state index contributed by atoms with van der Waals surface area (Å²) in [6, 6.07) is 0.646. The number of aryl methyl sites for hydroxylation is 1. The molecule has 0 spiro atoms. The van der Waals surface area contributed by atoms with Gasteiger partial charge < -0.3 is 9.88 Å². The first-order valence-electron chi connectivity index (χ1n) is 8.14. The van der Waals surface area contributed by atoms with Crippen molar-refractivity contribution in [1.29, 1.82) is 0 Å². The topological polar surface area (TPSA) is 29.9 Å². The lowest BCUT2D eigenvalue weighted by Crippen LogP contribution is -2.39. The highest BCUT2D eigenvalue weighted by molar-refractivity contribution is 5.16. The number of rotatable bonds is 5. The molecule has 1 unspecified atom stereocenters. The van der Waals surface area contributed by atoms with Gasteiger partial charge in [-0.15, -0.1) is 0 Å². The van der Waals surface area contributed by atoms with E-state index < -0.39 is 0 Å². The molecule has 106 valence electrons. The predicted molar refractivity (Wildman–Crippen MR) is 78.3 cm³/mol. The second kappa shape index (κ2) is 6.08. The first-order valence-corrected chi connectivity index (χ1v) is 8.14. The molecule has 1 atom stereocenters. The number of fused-ring (bicyclic) bond motifs is 1. The standard InChI is InChI=1S/C16H27N3/c1-2-17-15(13-7-3-4-8-13)11-19-12-18-14-9-5-6-10-16(14)19/h12-13,15,17H,2-11H2,1H3. The highest BCUT2D eigenvalue weighted by Crippen LogP contribution is 2.29. The maximum Gasteiger partial charge on any atom is 0.0952 e. The monoisotopic (exact) mass is 261 g/mol. The number of likely N-dealkylation sites (N-methyl/N-ethyl adjacent to an activating group) is 1. The maximum absolute atomic E-state index is 4.63. The molecule has 3 nitrogen and oxygen atoms in total. The smallest absolute Gasteiger partial charge is 0.0952 e. The van der Waals surface area contributed by atoms with E-state index in [4.69, 9.17) is 0 Å². The van der Waals surface area contributed by atoms with Crippen LogP contribution in [0, 0.1) is 5.92 Å². The lowest BCUT2D eigenvalue weighted by Gasteiger charge is -2.26. The van der Waals surface area contributed by atoms with E-state index in [2.05, 4.69) is 28.1 Å². The van der Waals surface area contributed by atoms with Gasteiger partial charge in [0.15, 0.2) is 0 Å². The molecule has 2 aliphatic carbocycles. The van der Waals surface area contributed by atoms with Crippen LogP contribution >= 0.6 is 0 Å². The van der Waals surface area contributed by atoms with Crippen LogP contribution in [0.25, 0.3) is 0 Å². The molecule has 1 aromatic heterocycles. The van der Waals surface area contributed by atoms with Crippen molar-refractivity contribution >= 4 is 0 Å². The molecule has 0 radical (unpaired) electrons. The van der Waals surface area contributed by atoms with E-state index in [1.807, 2.05) is 0 Å². The second-order valence-electron chi connectivity index (χ2n) is 6.21. The van der Waals surface area contributed by atoms with Crippen LogP contribution in [0.15, 0.2) is 6.33 Å². The summed E-state index contributed by atoms with van der Waals surface area (Å²) in [6.45, 7) is 4.43. The number of aromatic nitrogens is 2. The number of nitrogens with zero attached hydrogens (tertiary/aromatic N) is 2. The average molecular weight is 261 g/mol. The number of imidazole rings is 1. The van der Waals surface area contributed by atoms with Crippen molar-refractivity contribution in [2.24, 2.45) is 5.92 Å². The Morgan fingerprint density at radius 2 is 2.05 bits per heavy atom. The van der Waals surface area contributed by atoms with Crippen molar-refractivity contribution < 1.29 is 0 Å². The van der Waals surface area contributed by atoms with Crippen molar-refractivity contribution in [3.8, 4) is 0 Å². The molecule has 1 heterocycles. The first-order chi connectivity index (χ1) is 9.38. The van der Waals surface area contributed by atoms with Crippen molar-refractivity contribution in [2.75, 3.05) is 6.54 Å². The van der Waals surface area contributed by atoms with Crippen LogP contribution in [0.5, 0.6) is 0 Å². The largest absolute Gasteiger partial charge is 0.333 e. The first kappa shape index (κ1) is 13.2. The summed E-state index contributed by atoms with van der Waals surface area (Å²) in [4.78, 5) is 4.63. The van der Waals surface area contributed by atoms with Crippen molar-refractivity contribution in [3.63, 3.8) is 0 Å². The summed E-state index contributed by atoms with van der Waals surface area (Å²) < 4.78 is 2.44. The van der Waals surface area contributed by atoms with Gasteiger partial charge in [0.05, 0.1) is 12.0 Å². The van der Waals surface area contributed by atoms with Crippen molar-refractivity contribution in [1.82, 2.24) is 14.9 Å². The fraction of sp³-hybridized carbons (Fsp3) is 0.812. The van der Waals surface area contributed by atoms with Crippen LogP contribution in [-0.2, 0) is 19.4 Å². The van der Waals surface area contributed by atoms with E-state index in [1.54, 1.807) is 0 Å². The zero-order chi connectivity index (χ0) is 13.1. The second-order valence-corrected chi connectivity index (χ2v) is 6.21. The third-order valence-electron chi connectivity index (χ3n) is 4.94. The number of hydrogen-bond donors (Lipinski definition) is 1. The fourth-order valence-corrected chi connectivity index (χ4v) is 3.90. The third kappa shape index (κ3) is 2.86. The molecular formula is C16H27N3. The minimum absolute atomic E-state index is 0.646. The van der Waals surface area contributed by atoms with Gasteiger partial charge in [0.25, 0.3) is 0 Å². The Kier molecular flexibility index (Phi) is 4.21. The molecule has 3 rings (SSSR count). The highest BCUT2D eigenvalue weighted by Gasteiger charge is 2.26. The van der Waals surface area contributed by atoms with Gasteiger partial charge in [-0.2, -0.15) is 0 Å². The maximum atomic E-state index is 4.63. The molecule has 3 heteroatoms. The summed E-state index contributed by atoms with van der Waals surface area (Å²) in [5.74, 6) is 0.876. The molecule has 0 bridgehead atoms. The van der Waals surface area contributed by atoms with Crippen molar-refractivity contribution in [3.05, 3.63) is 17.7 Å². The van der Waals surface area contributed by atoms with Gasteiger partial charge in [0.1, 0.15) is 0 Å². The molecule has 1 N–H and O–H groups in total. The van der Waals surface area contributed by atoms with Crippen LogP contribution in [0.2, 0.25) is 0 Å². The van der Waals surface area contributed by atoms with Crippen LogP contribution < -0.4 is 5.32 Å². The van der Waals surface area contributed by atoms with Gasteiger partial charge in [0.2, 0.25) is 0 Å². The summed E-state index contributed by atoms with van der Waals surface area (Å²) in [7, 11) is 0. The van der Waals surface area contributed by atoms with Gasteiger partial charge in [-0.1, -0.05) is 19.8 Å².